The molecule has 4 rings (SSSR count). The number of carbonyl (C=O) groups excluding carboxylic acids is 1. The van der Waals surface area contributed by atoms with Crippen molar-refractivity contribution >= 4 is 29.0 Å². The van der Waals surface area contributed by atoms with Crippen LogP contribution in [-0.2, 0) is 11.2 Å². The molecule has 2 aliphatic rings. The molecule has 124 valence electrons. The Hall–Kier alpha value is -1.94. The first-order chi connectivity index (χ1) is 11.8. The molecule has 0 aliphatic carbocycles. The minimum atomic E-state index is 0.205. The van der Waals surface area contributed by atoms with Gasteiger partial charge in [0.1, 0.15) is 0 Å². The van der Waals surface area contributed by atoms with Crippen LogP contribution >= 0.6 is 11.8 Å². The topological polar surface area (TPSA) is 23.6 Å². The Bertz CT molecular complexity index is 761. The fourth-order valence-corrected chi connectivity index (χ4v) is 4.84. The van der Waals surface area contributed by atoms with Crippen LogP contribution in [0, 0.1) is 0 Å². The van der Waals surface area contributed by atoms with Gasteiger partial charge in [-0.2, -0.15) is 0 Å². The van der Waals surface area contributed by atoms with Crippen LogP contribution in [0.25, 0.3) is 0 Å². The number of rotatable bonds is 3. The third kappa shape index (κ3) is 2.80. The molecule has 2 heterocycles. The minimum absolute atomic E-state index is 0.205. The zero-order valence-electron chi connectivity index (χ0n) is 13.9. The van der Waals surface area contributed by atoms with Crippen molar-refractivity contribution in [2.75, 3.05) is 29.4 Å². The summed E-state index contributed by atoms with van der Waals surface area (Å²) in [6.07, 6.45) is 2.09. The van der Waals surface area contributed by atoms with Crippen molar-refractivity contribution in [3.8, 4) is 0 Å². The molecule has 24 heavy (non-hydrogen) atoms. The Kier molecular flexibility index (Phi) is 4.23. The van der Waals surface area contributed by atoms with E-state index in [4.69, 9.17) is 0 Å². The van der Waals surface area contributed by atoms with Crippen LogP contribution in [0.4, 0.5) is 11.4 Å². The number of fused-ring (bicyclic) bond motifs is 2. The van der Waals surface area contributed by atoms with Crippen molar-refractivity contribution < 1.29 is 4.79 Å². The van der Waals surface area contributed by atoms with Crippen molar-refractivity contribution in [3.63, 3.8) is 0 Å². The first-order valence-corrected chi connectivity index (χ1v) is 9.53. The maximum atomic E-state index is 13.0. The standard InChI is InChI=1S/C20H22N2OS/c1-2-16-13-21(18-9-5-6-10-19(18)24-16)14-20(23)22-12-11-15-7-3-4-8-17(15)22/h3-10,16H,2,11-14H2,1H3/t16-/m1/s1. The number of hydrogen-bond acceptors (Lipinski definition) is 3. The molecule has 0 bridgehead atoms. The van der Waals surface area contributed by atoms with Gasteiger partial charge in [0.2, 0.25) is 5.91 Å². The van der Waals surface area contributed by atoms with Gasteiger partial charge in [-0.05, 0) is 36.6 Å². The summed E-state index contributed by atoms with van der Waals surface area (Å²) >= 11 is 1.94. The molecule has 0 aromatic heterocycles. The van der Waals surface area contributed by atoms with Gasteiger partial charge in [-0.15, -0.1) is 11.8 Å². The fraction of sp³-hybridized carbons (Fsp3) is 0.350. The van der Waals surface area contributed by atoms with Crippen molar-refractivity contribution in [2.24, 2.45) is 0 Å². The van der Waals surface area contributed by atoms with Crippen molar-refractivity contribution in [1.82, 2.24) is 0 Å². The van der Waals surface area contributed by atoms with E-state index in [-0.39, 0.29) is 5.91 Å². The highest BCUT2D eigenvalue weighted by Crippen LogP contribution is 2.39. The molecular formula is C20H22N2OS. The van der Waals surface area contributed by atoms with Crippen LogP contribution in [0.3, 0.4) is 0 Å². The summed E-state index contributed by atoms with van der Waals surface area (Å²) in [6.45, 7) is 4.43. The van der Waals surface area contributed by atoms with Crippen molar-refractivity contribution in [1.29, 1.82) is 0 Å². The van der Waals surface area contributed by atoms with Gasteiger partial charge >= 0.3 is 0 Å². The van der Waals surface area contributed by atoms with Crippen molar-refractivity contribution in [3.05, 3.63) is 54.1 Å². The fourth-order valence-electron chi connectivity index (χ4n) is 3.59. The van der Waals surface area contributed by atoms with Gasteiger partial charge in [0.05, 0.1) is 12.2 Å². The summed E-state index contributed by atoms with van der Waals surface area (Å²) in [4.78, 5) is 18.5. The Morgan fingerprint density at radius 1 is 1.12 bits per heavy atom. The Morgan fingerprint density at radius 2 is 1.88 bits per heavy atom. The van der Waals surface area contributed by atoms with Gasteiger partial charge in [-0.25, -0.2) is 0 Å². The second kappa shape index (κ2) is 6.52. The molecule has 0 radical (unpaired) electrons. The summed E-state index contributed by atoms with van der Waals surface area (Å²) in [6, 6.07) is 16.7. The summed E-state index contributed by atoms with van der Waals surface area (Å²) < 4.78 is 0. The molecule has 4 heteroatoms. The van der Waals surface area contributed by atoms with Gasteiger partial charge in [-0.1, -0.05) is 37.3 Å². The van der Waals surface area contributed by atoms with E-state index in [1.807, 2.05) is 22.7 Å². The van der Waals surface area contributed by atoms with Crippen LogP contribution in [0.5, 0.6) is 0 Å². The van der Waals surface area contributed by atoms with E-state index in [1.54, 1.807) is 0 Å². The third-order valence-corrected chi connectivity index (χ3v) is 6.31. The Morgan fingerprint density at radius 3 is 2.71 bits per heavy atom. The van der Waals surface area contributed by atoms with Crippen LogP contribution in [0.1, 0.15) is 18.9 Å². The molecule has 0 spiro atoms. The highest BCUT2D eigenvalue weighted by atomic mass is 32.2. The lowest BCUT2D eigenvalue weighted by atomic mass is 10.2. The Labute approximate surface area is 147 Å². The number of carbonyl (C=O) groups is 1. The molecule has 0 saturated carbocycles. The normalized spacial score (nSPS) is 19.1. The quantitative estimate of drug-likeness (QED) is 0.846. The average molecular weight is 338 g/mol. The number of nitrogens with zero attached hydrogens (tertiary/aromatic N) is 2. The number of hydrogen-bond donors (Lipinski definition) is 0. The number of amides is 1. The largest absolute Gasteiger partial charge is 0.360 e. The summed E-state index contributed by atoms with van der Waals surface area (Å²) in [5, 5.41) is 0.554. The maximum absolute atomic E-state index is 13.0. The molecule has 1 atom stereocenters. The molecule has 0 N–H and O–H groups in total. The molecule has 0 unspecified atom stereocenters. The van der Waals surface area contributed by atoms with Gasteiger partial charge < -0.3 is 9.80 Å². The van der Waals surface area contributed by atoms with Gasteiger partial charge in [0.25, 0.3) is 0 Å². The lowest BCUT2D eigenvalue weighted by molar-refractivity contribution is -0.117. The molecule has 2 aliphatic heterocycles. The molecule has 2 aromatic carbocycles. The first-order valence-electron chi connectivity index (χ1n) is 8.65. The first kappa shape index (κ1) is 15.6. The highest BCUT2D eigenvalue weighted by Gasteiger charge is 2.29. The molecule has 2 aromatic rings. The average Bonchev–Trinajstić information content (AvgIpc) is 3.05. The predicted octanol–water partition coefficient (Wildman–Crippen LogP) is 3.97. The molecule has 3 nitrogen and oxygen atoms in total. The predicted molar refractivity (Wildman–Crippen MR) is 101 cm³/mol. The van der Waals surface area contributed by atoms with Crippen LogP contribution in [0.15, 0.2) is 53.4 Å². The van der Waals surface area contributed by atoms with Gasteiger partial charge in [0.15, 0.2) is 0 Å². The summed E-state index contributed by atoms with van der Waals surface area (Å²) in [5.41, 5.74) is 3.58. The van der Waals surface area contributed by atoms with E-state index >= 15 is 0 Å². The molecule has 0 saturated heterocycles. The van der Waals surface area contributed by atoms with E-state index in [2.05, 4.69) is 54.3 Å². The van der Waals surface area contributed by atoms with Crippen LogP contribution in [0.2, 0.25) is 0 Å². The van der Waals surface area contributed by atoms with Gasteiger partial charge in [0, 0.05) is 28.9 Å². The lowest BCUT2D eigenvalue weighted by Crippen LogP contribution is -2.43. The highest BCUT2D eigenvalue weighted by molar-refractivity contribution is 8.00. The van der Waals surface area contributed by atoms with E-state index < -0.39 is 0 Å². The summed E-state index contributed by atoms with van der Waals surface area (Å²) in [7, 11) is 0. The monoisotopic (exact) mass is 338 g/mol. The smallest absolute Gasteiger partial charge is 0.246 e. The maximum Gasteiger partial charge on any atom is 0.246 e. The Balaban J connectivity index is 1.56. The molecule has 0 fully saturated rings. The lowest BCUT2D eigenvalue weighted by Gasteiger charge is -2.35. The minimum Gasteiger partial charge on any atom is -0.360 e. The number of anilines is 2. The van der Waals surface area contributed by atoms with E-state index in [0.29, 0.717) is 11.8 Å². The van der Waals surface area contributed by atoms with E-state index in [0.717, 1.165) is 31.6 Å². The zero-order chi connectivity index (χ0) is 16.5. The number of benzene rings is 2. The van der Waals surface area contributed by atoms with E-state index in [9.17, 15) is 4.79 Å². The third-order valence-electron chi connectivity index (χ3n) is 4.89. The second-order valence-electron chi connectivity index (χ2n) is 6.42. The molecular weight excluding hydrogens is 316 g/mol. The summed E-state index contributed by atoms with van der Waals surface area (Å²) in [5.74, 6) is 0.205. The van der Waals surface area contributed by atoms with Crippen LogP contribution in [-0.4, -0.2) is 30.8 Å². The molecule has 1 amide bonds. The van der Waals surface area contributed by atoms with Gasteiger partial charge in [-0.3, -0.25) is 4.79 Å². The zero-order valence-corrected chi connectivity index (χ0v) is 14.8. The number of thioether (sulfide) groups is 1. The van der Waals surface area contributed by atoms with Crippen molar-refractivity contribution in [2.45, 2.75) is 29.9 Å². The SMILES string of the molecule is CC[C@@H]1CN(CC(=O)N2CCc3ccccc32)c2ccccc2S1. The second-order valence-corrected chi connectivity index (χ2v) is 7.76. The van der Waals surface area contributed by atoms with Crippen LogP contribution < -0.4 is 9.80 Å². The number of para-hydroxylation sites is 2. The van der Waals surface area contributed by atoms with E-state index in [1.165, 1.54) is 16.1 Å².